The quantitative estimate of drug-likeness (QED) is 0.656. The molecule has 2 N–H and O–H groups in total. The lowest BCUT2D eigenvalue weighted by molar-refractivity contribution is -0.665. The smallest absolute Gasteiger partial charge is 0.305 e. The van der Waals surface area contributed by atoms with E-state index in [9.17, 15) is 0 Å². The Morgan fingerprint density at radius 2 is 2.25 bits per heavy atom. The monoisotopic (exact) mass is 169 g/mol. The van der Waals surface area contributed by atoms with Crippen molar-refractivity contribution in [1.82, 2.24) is 9.78 Å². The molecule has 4 heteroatoms. The van der Waals surface area contributed by atoms with E-state index in [4.69, 9.17) is 5.73 Å². The van der Waals surface area contributed by atoms with Crippen molar-refractivity contribution in [2.45, 2.75) is 26.2 Å². The number of rotatable bonds is 3. The molecule has 0 saturated heterocycles. The van der Waals surface area contributed by atoms with Gasteiger partial charge in [-0.1, -0.05) is 13.3 Å². The van der Waals surface area contributed by atoms with Crippen LogP contribution in [0, 0.1) is 0 Å². The first-order valence-electron chi connectivity index (χ1n) is 4.34. The standard InChI is InChI=1S/C8H17N4/c1-4-5-6-7-11(2)8(9)10-12(7)3/h4-6H2,1-3H3,(H2,9,10)/q+1. The summed E-state index contributed by atoms with van der Waals surface area (Å²) in [4.78, 5) is 0. The topological polar surface area (TPSA) is 47.7 Å². The zero-order valence-electron chi connectivity index (χ0n) is 8.04. The SMILES string of the molecule is CCCCc1n(C)nc(N)[n+]1C. The molecule has 0 aliphatic heterocycles. The Morgan fingerprint density at radius 1 is 1.58 bits per heavy atom. The third kappa shape index (κ3) is 1.57. The maximum atomic E-state index is 5.64. The number of nitrogens with two attached hydrogens (primary N) is 1. The lowest BCUT2D eigenvalue weighted by atomic mass is 10.2. The molecule has 1 aromatic heterocycles. The van der Waals surface area contributed by atoms with Gasteiger partial charge in [0.05, 0.1) is 14.1 Å². The Hall–Kier alpha value is -1.06. The van der Waals surface area contributed by atoms with Crippen molar-refractivity contribution in [3.63, 3.8) is 0 Å². The van der Waals surface area contributed by atoms with E-state index in [1.54, 1.807) is 0 Å². The Kier molecular flexibility index (Phi) is 2.68. The molecule has 0 aliphatic rings. The Bertz CT molecular complexity index is 264. The van der Waals surface area contributed by atoms with Crippen LogP contribution < -0.4 is 10.3 Å². The third-order valence-corrected chi connectivity index (χ3v) is 2.11. The van der Waals surface area contributed by atoms with Crippen LogP contribution in [0.15, 0.2) is 0 Å². The summed E-state index contributed by atoms with van der Waals surface area (Å²) in [6, 6.07) is 0. The summed E-state index contributed by atoms with van der Waals surface area (Å²) in [6.07, 6.45) is 3.44. The average molecular weight is 169 g/mol. The lowest BCUT2D eigenvalue weighted by Gasteiger charge is -1.96. The first-order chi connectivity index (χ1) is 5.66. The van der Waals surface area contributed by atoms with Crippen LogP contribution in [0.3, 0.4) is 0 Å². The molecule has 4 nitrogen and oxygen atoms in total. The molecule has 0 aromatic carbocycles. The second-order valence-corrected chi connectivity index (χ2v) is 3.06. The van der Waals surface area contributed by atoms with E-state index in [-0.39, 0.29) is 0 Å². The van der Waals surface area contributed by atoms with Gasteiger partial charge >= 0.3 is 5.95 Å². The molecule has 0 atom stereocenters. The Labute approximate surface area is 73.0 Å². The maximum absolute atomic E-state index is 5.64. The average Bonchev–Trinajstić information content (AvgIpc) is 2.25. The molecule has 0 unspecified atom stereocenters. The van der Waals surface area contributed by atoms with E-state index < -0.39 is 0 Å². The number of hydrogen-bond acceptors (Lipinski definition) is 2. The number of nitrogens with zero attached hydrogens (tertiary/aromatic N) is 3. The predicted octanol–water partition coefficient (Wildman–Crippen LogP) is 0.169. The van der Waals surface area contributed by atoms with Crippen LogP contribution in [-0.2, 0) is 20.5 Å². The highest BCUT2D eigenvalue weighted by atomic mass is 15.4. The molecule has 0 saturated carbocycles. The molecular weight excluding hydrogens is 152 g/mol. The number of unbranched alkanes of at least 4 members (excludes halogenated alkanes) is 1. The van der Waals surface area contributed by atoms with Crippen LogP contribution in [0.5, 0.6) is 0 Å². The van der Waals surface area contributed by atoms with Crippen molar-refractivity contribution < 1.29 is 4.57 Å². The fraction of sp³-hybridized carbons (Fsp3) is 0.750. The van der Waals surface area contributed by atoms with Gasteiger partial charge in [0.2, 0.25) is 5.82 Å². The van der Waals surface area contributed by atoms with Crippen LogP contribution in [0.2, 0.25) is 0 Å². The number of anilines is 1. The van der Waals surface area contributed by atoms with Gasteiger partial charge in [-0.2, -0.15) is 0 Å². The van der Waals surface area contributed by atoms with Crippen LogP contribution in [0.4, 0.5) is 5.95 Å². The summed E-state index contributed by atoms with van der Waals surface area (Å²) in [7, 11) is 3.88. The zero-order chi connectivity index (χ0) is 9.14. The number of aryl methyl sites for hydroxylation is 1. The second kappa shape index (κ2) is 3.56. The van der Waals surface area contributed by atoms with Crippen molar-refractivity contribution in [2.24, 2.45) is 14.1 Å². The highest BCUT2D eigenvalue weighted by Gasteiger charge is 2.14. The molecule has 68 valence electrons. The predicted molar refractivity (Wildman–Crippen MR) is 47.4 cm³/mol. The van der Waals surface area contributed by atoms with Gasteiger partial charge in [-0.15, -0.1) is 4.68 Å². The zero-order valence-corrected chi connectivity index (χ0v) is 8.04. The Balaban J connectivity index is 2.82. The van der Waals surface area contributed by atoms with Crippen molar-refractivity contribution in [3.8, 4) is 0 Å². The van der Waals surface area contributed by atoms with E-state index in [1.165, 1.54) is 18.7 Å². The molecule has 0 radical (unpaired) electrons. The number of aromatic nitrogens is 3. The van der Waals surface area contributed by atoms with E-state index in [0.717, 1.165) is 6.42 Å². The van der Waals surface area contributed by atoms with Gasteiger partial charge in [0.15, 0.2) is 0 Å². The molecule has 0 spiro atoms. The van der Waals surface area contributed by atoms with Crippen LogP contribution in [0.1, 0.15) is 25.6 Å². The molecule has 0 amide bonds. The summed E-state index contributed by atoms with van der Waals surface area (Å²) >= 11 is 0. The summed E-state index contributed by atoms with van der Waals surface area (Å²) in [6.45, 7) is 2.18. The molecular formula is C8H17N4+. The van der Waals surface area contributed by atoms with Gasteiger partial charge in [-0.25, -0.2) is 4.57 Å². The first kappa shape index (κ1) is 9.03. The largest absolute Gasteiger partial charge is 0.375 e. The van der Waals surface area contributed by atoms with Crippen LogP contribution >= 0.6 is 0 Å². The Morgan fingerprint density at radius 3 is 2.67 bits per heavy atom. The molecule has 1 rings (SSSR count). The van der Waals surface area contributed by atoms with Gasteiger partial charge in [-0.3, -0.25) is 0 Å². The van der Waals surface area contributed by atoms with E-state index >= 15 is 0 Å². The van der Waals surface area contributed by atoms with E-state index in [2.05, 4.69) is 12.0 Å². The minimum atomic E-state index is 0.587. The van der Waals surface area contributed by atoms with Crippen molar-refractivity contribution in [2.75, 3.05) is 5.73 Å². The molecule has 1 aromatic rings. The second-order valence-electron chi connectivity index (χ2n) is 3.06. The number of nitrogen functional groups attached to an aromatic ring is 1. The van der Waals surface area contributed by atoms with Crippen molar-refractivity contribution in [3.05, 3.63) is 5.82 Å². The molecule has 1 heterocycles. The summed E-state index contributed by atoms with van der Waals surface area (Å²) in [5.74, 6) is 1.78. The van der Waals surface area contributed by atoms with E-state index in [0.29, 0.717) is 5.95 Å². The fourth-order valence-electron chi connectivity index (χ4n) is 1.29. The fourth-order valence-corrected chi connectivity index (χ4v) is 1.29. The number of hydrogen-bond donors (Lipinski definition) is 1. The normalized spacial score (nSPS) is 10.6. The van der Waals surface area contributed by atoms with Crippen molar-refractivity contribution >= 4 is 5.95 Å². The summed E-state index contributed by atoms with van der Waals surface area (Å²) < 4.78 is 3.79. The van der Waals surface area contributed by atoms with Gasteiger partial charge in [0, 0.05) is 11.5 Å². The lowest BCUT2D eigenvalue weighted by Crippen LogP contribution is -2.35. The summed E-state index contributed by atoms with van der Waals surface area (Å²) in [5.41, 5.74) is 5.64. The molecule has 0 aliphatic carbocycles. The summed E-state index contributed by atoms with van der Waals surface area (Å²) in [5, 5.41) is 4.12. The highest BCUT2D eigenvalue weighted by molar-refractivity contribution is 5.02. The third-order valence-electron chi connectivity index (χ3n) is 2.11. The minimum Gasteiger partial charge on any atom is -0.305 e. The van der Waals surface area contributed by atoms with Gasteiger partial charge in [0.1, 0.15) is 0 Å². The van der Waals surface area contributed by atoms with E-state index in [1.807, 2.05) is 23.3 Å². The van der Waals surface area contributed by atoms with Crippen LogP contribution in [0.25, 0.3) is 0 Å². The highest BCUT2D eigenvalue weighted by Crippen LogP contribution is 2.00. The maximum Gasteiger partial charge on any atom is 0.375 e. The first-order valence-corrected chi connectivity index (χ1v) is 4.34. The van der Waals surface area contributed by atoms with Crippen molar-refractivity contribution in [1.29, 1.82) is 0 Å². The van der Waals surface area contributed by atoms with Gasteiger partial charge in [-0.05, 0) is 6.42 Å². The molecule has 0 fully saturated rings. The van der Waals surface area contributed by atoms with Crippen LogP contribution in [-0.4, -0.2) is 9.78 Å². The molecule has 0 bridgehead atoms. The van der Waals surface area contributed by atoms with Gasteiger partial charge in [0.25, 0.3) is 0 Å². The van der Waals surface area contributed by atoms with Gasteiger partial charge < -0.3 is 5.73 Å². The minimum absolute atomic E-state index is 0.587. The molecule has 12 heavy (non-hydrogen) atoms.